The first-order valence-corrected chi connectivity index (χ1v) is 10.6. The minimum absolute atomic E-state index is 0.0625. The van der Waals surface area contributed by atoms with E-state index in [2.05, 4.69) is 65.4 Å². The molecule has 0 bridgehead atoms. The van der Waals surface area contributed by atoms with Gasteiger partial charge in [-0.05, 0) is 43.0 Å². The van der Waals surface area contributed by atoms with Gasteiger partial charge in [0.15, 0.2) is 11.7 Å². The third kappa shape index (κ3) is 5.16. The molecule has 1 aliphatic rings. The van der Waals surface area contributed by atoms with E-state index in [1.165, 1.54) is 16.7 Å². The summed E-state index contributed by atoms with van der Waals surface area (Å²) in [6, 6.07) is 16.9. The largest absolute Gasteiger partial charge is 0.441 e. The topological polar surface area (TPSA) is 58.4 Å². The molecule has 5 heteroatoms. The zero-order valence-electron chi connectivity index (χ0n) is 17.7. The molecular formula is C25H29N3O2. The molecule has 1 saturated heterocycles. The number of carbonyl (C=O) groups is 1. The summed E-state index contributed by atoms with van der Waals surface area (Å²) in [7, 11) is 0. The average molecular weight is 404 g/mol. The van der Waals surface area contributed by atoms with Gasteiger partial charge in [-0.15, -0.1) is 0 Å². The van der Waals surface area contributed by atoms with Gasteiger partial charge < -0.3 is 9.73 Å². The second-order valence-electron chi connectivity index (χ2n) is 8.19. The quantitative estimate of drug-likeness (QED) is 0.640. The number of carbonyl (C=O) groups excluding carboxylic acids is 1. The molecule has 1 aliphatic heterocycles. The molecule has 4 rings (SSSR count). The van der Waals surface area contributed by atoms with Crippen LogP contribution in [0.5, 0.6) is 0 Å². The Kier molecular flexibility index (Phi) is 6.29. The Hall–Kier alpha value is -2.92. The Morgan fingerprint density at radius 1 is 1.17 bits per heavy atom. The maximum atomic E-state index is 12.4. The Labute approximate surface area is 178 Å². The monoisotopic (exact) mass is 403 g/mol. The van der Waals surface area contributed by atoms with Crippen LogP contribution in [0.3, 0.4) is 0 Å². The fourth-order valence-corrected chi connectivity index (χ4v) is 3.91. The summed E-state index contributed by atoms with van der Waals surface area (Å²) in [4.78, 5) is 19.1. The van der Waals surface area contributed by atoms with Gasteiger partial charge in [-0.2, -0.15) is 0 Å². The highest BCUT2D eigenvalue weighted by Gasteiger charge is 2.23. The van der Waals surface area contributed by atoms with Crippen molar-refractivity contribution in [1.29, 1.82) is 0 Å². The van der Waals surface area contributed by atoms with Crippen LogP contribution in [0.15, 0.2) is 59.1 Å². The van der Waals surface area contributed by atoms with Crippen molar-refractivity contribution < 1.29 is 9.21 Å². The minimum atomic E-state index is 0.0625. The molecule has 1 atom stereocenters. The van der Waals surface area contributed by atoms with E-state index in [4.69, 9.17) is 4.42 Å². The van der Waals surface area contributed by atoms with Crippen LogP contribution in [-0.2, 0) is 17.8 Å². The van der Waals surface area contributed by atoms with Crippen LogP contribution in [0.1, 0.15) is 35.4 Å². The van der Waals surface area contributed by atoms with E-state index in [9.17, 15) is 4.79 Å². The third-order valence-corrected chi connectivity index (χ3v) is 5.80. The molecule has 5 nitrogen and oxygen atoms in total. The van der Waals surface area contributed by atoms with E-state index in [-0.39, 0.29) is 11.9 Å². The first-order chi connectivity index (χ1) is 14.6. The van der Waals surface area contributed by atoms with Crippen LogP contribution in [0.4, 0.5) is 0 Å². The molecule has 2 heterocycles. The minimum Gasteiger partial charge on any atom is -0.441 e. The van der Waals surface area contributed by atoms with Crippen molar-refractivity contribution >= 4 is 5.91 Å². The van der Waals surface area contributed by atoms with Gasteiger partial charge in [0, 0.05) is 44.1 Å². The van der Waals surface area contributed by atoms with Gasteiger partial charge in [0.1, 0.15) is 0 Å². The van der Waals surface area contributed by atoms with Crippen LogP contribution >= 0.6 is 0 Å². The predicted molar refractivity (Wildman–Crippen MR) is 118 cm³/mol. The van der Waals surface area contributed by atoms with Crippen molar-refractivity contribution in [3.63, 3.8) is 0 Å². The molecule has 1 N–H and O–H groups in total. The molecule has 0 saturated carbocycles. The number of likely N-dealkylation sites (tertiary alicyclic amines) is 1. The fourth-order valence-electron chi connectivity index (χ4n) is 3.91. The van der Waals surface area contributed by atoms with Crippen molar-refractivity contribution in [2.75, 3.05) is 13.1 Å². The highest BCUT2D eigenvalue weighted by Crippen LogP contribution is 2.23. The maximum Gasteiger partial charge on any atom is 0.220 e. The number of rotatable bonds is 7. The smallest absolute Gasteiger partial charge is 0.220 e. The number of hydrogen-bond acceptors (Lipinski definition) is 4. The second-order valence-corrected chi connectivity index (χ2v) is 8.19. The van der Waals surface area contributed by atoms with Gasteiger partial charge >= 0.3 is 0 Å². The number of aromatic nitrogens is 1. The van der Waals surface area contributed by atoms with E-state index >= 15 is 0 Å². The summed E-state index contributed by atoms with van der Waals surface area (Å²) < 4.78 is 5.87. The van der Waals surface area contributed by atoms with E-state index in [1.807, 2.05) is 12.1 Å². The lowest BCUT2D eigenvalue weighted by Crippen LogP contribution is -2.37. The van der Waals surface area contributed by atoms with Crippen molar-refractivity contribution in [2.24, 2.45) is 0 Å². The first-order valence-electron chi connectivity index (χ1n) is 10.6. The van der Waals surface area contributed by atoms with Crippen molar-refractivity contribution in [3.8, 4) is 11.3 Å². The maximum absolute atomic E-state index is 12.4. The lowest BCUT2D eigenvalue weighted by molar-refractivity contribution is -0.121. The van der Waals surface area contributed by atoms with Crippen molar-refractivity contribution in [1.82, 2.24) is 15.2 Å². The second kappa shape index (κ2) is 9.26. The van der Waals surface area contributed by atoms with Gasteiger partial charge in [0.25, 0.3) is 0 Å². The van der Waals surface area contributed by atoms with Crippen molar-refractivity contribution in [2.45, 2.75) is 45.7 Å². The Morgan fingerprint density at radius 2 is 2.00 bits per heavy atom. The standard InChI is InChI=1S/C25H29N3O2/c1-18-8-9-21(14-19(18)2)23-15-26-25(30-23)11-10-24(29)27-22-12-13-28(17-22)16-20-6-4-3-5-7-20/h3-9,14-15,22H,10-13,16-17H2,1-2H3,(H,27,29)/t22-/m0/s1. The summed E-state index contributed by atoms with van der Waals surface area (Å²) in [5.74, 6) is 1.42. The van der Waals surface area contributed by atoms with E-state index in [0.717, 1.165) is 37.4 Å². The lowest BCUT2D eigenvalue weighted by atomic mass is 10.1. The molecule has 2 aromatic carbocycles. The summed E-state index contributed by atoms with van der Waals surface area (Å²) in [5, 5.41) is 3.17. The van der Waals surface area contributed by atoms with Gasteiger partial charge in [-0.25, -0.2) is 4.98 Å². The van der Waals surface area contributed by atoms with E-state index < -0.39 is 0 Å². The van der Waals surface area contributed by atoms with Crippen molar-refractivity contribution in [3.05, 3.63) is 77.3 Å². The lowest BCUT2D eigenvalue weighted by Gasteiger charge is -2.16. The van der Waals surface area contributed by atoms with E-state index in [0.29, 0.717) is 18.7 Å². The number of hydrogen-bond donors (Lipinski definition) is 1. The predicted octanol–water partition coefficient (Wildman–Crippen LogP) is 4.28. The van der Waals surface area contributed by atoms with Gasteiger partial charge in [0.05, 0.1) is 6.20 Å². The average Bonchev–Trinajstić information content (AvgIpc) is 3.39. The van der Waals surface area contributed by atoms with Gasteiger partial charge in [0.2, 0.25) is 5.91 Å². The summed E-state index contributed by atoms with van der Waals surface area (Å²) >= 11 is 0. The molecular weight excluding hydrogens is 374 g/mol. The third-order valence-electron chi connectivity index (χ3n) is 5.80. The zero-order chi connectivity index (χ0) is 20.9. The number of nitrogens with one attached hydrogen (secondary N) is 1. The number of oxazole rings is 1. The first kappa shape index (κ1) is 20.4. The molecule has 0 unspecified atom stereocenters. The number of benzene rings is 2. The fraction of sp³-hybridized carbons (Fsp3) is 0.360. The highest BCUT2D eigenvalue weighted by molar-refractivity contribution is 5.76. The summed E-state index contributed by atoms with van der Waals surface area (Å²) in [6.45, 7) is 7.03. The summed E-state index contributed by atoms with van der Waals surface area (Å²) in [5.41, 5.74) is 4.81. The Bertz CT molecular complexity index is 997. The van der Waals surface area contributed by atoms with Crippen LogP contribution in [0.2, 0.25) is 0 Å². The highest BCUT2D eigenvalue weighted by atomic mass is 16.4. The van der Waals surface area contributed by atoms with Crippen LogP contribution in [0.25, 0.3) is 11.3 Å². The molecule has 0 aliphatic carbocycles. The molecule has 3 aromatic rings. The molecule has 1 fully saturated rings. The molecule has 30 heavy (non-hydrogen) atoms. The van der Waals surface area contributed by atoms with Crippen LogP contribution in [0, 0.1) is 13.8 Å². The number of amides is 1. The molecule has 1 aromatic heterocycles. The Balaban J connectivity index is 1.23. The Morgan fingerprint density at radius 3 is 2.80 bits per heavy atom. The van der Waals surface area contributed by atoms with Crippen LogP contribution < -0.4 is 5.32 Å². The SMILES string of the molecule is Cc1ccc(-c2cnc(CCC(=O)N[C@H]3CCN(Cc4ccccc4)C3)o2)cc1C. The van der Waals surface area contributed by atoms with Crippen LogP contribution in [-0.4, -0.2) is 34.9 Å². The molecule has 0 radical (unpaired) electrons. The van der Waals surface area contributed by atoms with Gasteiger partial charge in [-0.3, -0.25) is 9.69 Å². The zero-order valence-corrected chi connectivity index (χ0v) is 17.7. The van der Waals surface area contributed by atoms with Gasteiger partial charge in [-0.1, -0.05) is 42.5 Å². The number of aryl methyl sites for hydroxylation is 3. The number of nitrogens with zero attached hydrogens (tertiary/aromatic N) is 2. The van der Waals surface area contributed by atoms with E-state index in [1.54, 1.807) is 6.20 Å². The molecule has 1 amide bonds. The molecule has 156 valence electrons. The summed E-state index contributed by atoms with van der Waals surface area (Å²) in [6.07, 6.45) is 3.64. The normalized spacial score (nSPS) is 16.7. The molecule has 0 spiro atoms.